The lowest BCUT2D eigenvalue weighted by Crippen LogP contribution is -1.98. The molecule has 0 heterocycles. The first-order chi connectivity index (χ1) is 8.86. The van der Waals surface area contributed by atoms with Crippen LogP contribution in [-0.2, 0) is 11.2 Å². The second kappa shape index (κ2) is 9.92. The molecule has 0 saturated heterocycles. The lowest BCUT2D eigenvalue weighted by molar-refractivity contribution is 0.202. The summed E-state index contributed by atoms with van der Waals surface area (Å²) >= 11 is 0. The normalized spacial score (nSPS) is 10.6. The molecule has 0 bridgehead atoms. The first kappa shape index (κ1) is 15.0. The SMILES string of the molecule is COCCc1ccc(OCCCCCCO)cc1. The summed E-state index contributed by atoms with van der Waals surface area (Å²) in [5.74, 6) is 0.929. The van der Waals surface area contributed by atoms with Crippen molar-refractivity contribution in [2.45, 2.75) is 32.1 Å². The van der Waals surface area contributed by atoms with Crippen molar-refractivity contribution in [1.82, 2.24) is 0 Å². The van der Waals surface area contributed by atoms with Crippen LogP contribution in [0.25, 0.3) is 0 Å². The molecule has 0 amide bonds. The molecular weight excluding hydrogens is 228 g/mol. The molecule has 1 rings (SSSR count). The number of aliphatic hydroxyl groups excluding tert-OH is 1. The predicted octanol–water partition coefficient (Wildman–Crippen LogP) is 2.81. The van der Waals surface area contributed by atoms with Crippen molar-refractivity contribution >= 4 is 0 Å². The highest BCUT2D eigenvalue weighted by atomic mass is 16.5. The van der Waals surface area contributed by atoms with Crippen molar-refractivity contribution in [3.8, 4) is 5.75 Å². The Bertz CT molecular complexity index is 295. The molecule has 0 fully saturated rings. The molecule has 3 heteroatoms. The Kier molecular flexibility index (Phi) is 8.26. The van der Waals surface area contributed by atoms with Gasteiger partial charge < -0.3 is 14.6 Å². The number of benzene rings is 1. The summed E-state index contributed by atoms with van der Waals surface area (Å²) in [5.41, 5.74) is 1.27. The van der Waals surface area contributed by atoms with Gasteiger partial charge in [-0.1, -0.05) is 18.6 Å². The molecule has 0 aliphatic rings. The van der Waals surface area contributed by atoms with Crippen molar-refractivity contribution in [1.29, 1.82) is 0 Å². The second-order valence-electron chi connectivity index (χ2n) is 4.37. The predicted molar refractivity (Wildman–Crippen MR) is 73.1 cm³/mol. The quantitative estimate of drug-likeness (QED) is 0.651. The van der Waals surface area contributed by atoms with Gasteiger partial charge in [-0.2, -0.15) is 0 Å². The number of methoxy groups -OCH3 is 1. The van der Waals surface area contributed by atoms with E-state index in [9.17, 15) is 0 Å². The van der Waals surface area contributed by atoms with E-state index in [0.29, 0.717) is 6.61 Å². The van der Waals surface area contributed by atoms with E-state index >= 15 is 0 Å². The van der Waals surface area contributed by atoms with Crippen LogP contribution in [0.4, 0.5) is 0 Å². The maximum atomic E-state index is 8.65. The van der Waals surface area contributed by atoms with E-state index in [4.69, 9.17) is 14.6 Å². The fraction of sp³-hybridized carbons (Fsp3) is 0.600. The minimum Gasteiger partial charge on any atom is -0.494 e. The van der Waals surface area contributed by atoms with Crippen LogP contribution >= 0.6 is 0 Å². The highest BCUT2D eigenvalue weighted by Gasteiger charge is 1.96. The Balaban J connectivity index is 2.14. The van der Waals surface area contributed by atoms with E-state index in [0.717, 1.165) is 51.1 Å². The van der Waals surface area contributed by atoms with Gasteiger partial charge in [-0.25, -0.2) is 0 Å². The van der Waals surface area contributed by atoms with Gasteiger partial charge in [-0.15, -0.1) is 0 Å². The van der Waals surface area contributed by atoms with E-state index in [1.807, 2.05) is 12.1 Å². The second-order valence-corrected chi connectivity index (χ2v) is 4.37. The molecule has 0 unspecified atom stereocenters. The Hall–Kier alpha value is -1.06. The standard InChI is InChI=1S/C15H24O3/c1-17-13-10-14-6-8-15(9-7-14)18-12-5-3-2-4-11-16/h6-9,16H,2-5,10-13H2,1H3. The first-order valence-corrected chi connectivity index (χ1v) is 6.68. The molecule has 1 N–H and O–H groups in total. The van der Waals surface area contributed by atoms with Gasteiger partial charge >= 0.3 is 0 Å². The summed E-state index contributed by atoms with van der Waals surface area (Å²) in [6, 6.07) is 8.19. The maximum absolute atomic E-state index is 8.65. The van der Waals surface area contributed by atoms with Crippen molar-refractivity contribution in [2.24, 2.45) is 0 Å². The van der Waals surface area contributed by atoms with Crippen LogP contribution < -0.4 is 4.74 Å². The van der Waals surface area contributed by atoms with E-state index in [1.165, 1.54) is 5.56 Å². The van der Waals surface area contributed by atoms with Gasteiger partial charge in [-0.05, 0) is 43.4 Å². The van der Waals surface area contributed by atoms with E-state index in [-0.39, 0.29) is 0 Å². The zero-order chi connectivity index (χ0) is 13.1. The maximum Gasteiger partial charge on any atom is 0.119 e. The van der Waals surface area contributed by atoms with Crippen LogP contribution in [0.15, 0.2) is 24.3 Å². The molecule has 0 saturated carbocycles. The fourth-order valence-electron chi connectivity index (χ4n) is 1.73. The molecule has 18 heavy (non-hydrogen) atoms. The highest BCUT2D eigenvalue weighted by molar-refractivity contribution is 5.27. The lowest BCUT2D eigenvalue weighted by atomic mass is 10.1. The number of hydrogen-bond acceptors (Lipinski definition) is 3. The van der Waals surface area contributed by atoms with Gasteiger partial charge in [0.2, 0.25) is 0 Å². The summed E-state index contributed by atoms with van der Waals surface area (Å²) in [7, 11) is 1.72. The van der Waals surface area contributed by atoms with Crippen LogP contribution in [0.2, 0.25) is 0 Å². The summed E-state index contributed by atoms with van der Waals surface area (Å²) < 4.78 is 10.7. The molecule has 0 spiro atoms. The number of hydrogen-bond donors (Lipinski definition) is 1. The molecule has 102 valence electrons. The third-order valence-corrected chi connectivity index (χ3v) is 2.84. The topological polar surface area (TPSA) is 38.7 Å². The molecule has 0 atom stereocenters. The van der Waals surface area contributed by atoms with E-state index in [2.05, 4.69) is 12.1 Å². The van der Waals surface area contributed by atoms with Gasteiger partial charge in [0.1, 0.15) is 5.75 Å². The van der Waals surface area contributed by atoms with E-state index in [1.54, 1.807) is 7.11 Å². The lowest BCUT2D eigenvalue weighted by Gasteiger charge is -2.07. The van der Waals surface area contributed by atoms with Gasteiger partial charge in [0.05, 0.1) is 13.2 Å². The summed E-state index contributed by atoms with van der Waals surface area (Å²) in [6.07, 6.45) is 5.08. The Morgan fingerprint density at radius 1 is 0.944 bits per heavy atom. The highest BCUT2D eigenvalue weighted by Crippen LogP contribution is 2.13. The third kappa shape index (κ3) is 6.62. The monoisotopic (exact) mass is 252 g/mol. The number of ether oxygens (including phenoxy) is 2. The zero-order valence-electron chi connectivity index (χ0n) is 11.2. The van der Waals surface area contributed by atoms with Crippen molar-refractivity contribution in [2.75, 3.05) is 26.9 Å². The zero-order valence-corrected chi connectivity index (χ0v) is 11.2. The number of aliphatic hydroxyl groups is 1. The molecular formula is C15H24O3. The molecule has 1 aromatic carbocycles. The van der Waals surface area contributed by atoms with Gasteiger partial charge in [0, 0.05) is 13.7 Å². The van der Waals surface area contributed by atoms with Crippen LogP contribution in [0.5, 0.6) is 5.75 Å². The van der Waals surface area contributed by atoms with Crippen molar-refractivity contribution < 1.29 is 14.6 Å². The summed E-state index contributed by atoms with van der Waals surface area (Å²) in [5, 5.41) is 8.65. The van der Waals surface area contributed by atoms with Gasteiger partial charge in [0.25, 0.3) is 0 Å². The van der Waals surface area contributed by atoms with Crippen LogP contribution in [-0.4, -0.2) is 32.0 Å². The van der Waals surface area contributed by atoms with Gasteiger partial charge in [-0.3, -0.25) is 0 Å². The molecule has 3 nitrogen and oxygen atoms in total. The summed E-state index contributed by atoms with van der Waals surface area (Å²) in [4.78, 5) is 0. The van der Waals surface area contributed by atoms with Crippen LogP contribution in [0, 0.1) is 0 Å². The Labute approximate surface area is 110 Å². The molecule has 0 aliphatic heterocycles. The molecule has 1 aromatic rings. The average Bonchev–Trinajstić information content (AvgIpc) is 2.42. The average molecular weight is 252 g/mol. The fourth-order valence-corrected chi connectivity index (χ4v) is 1.73. The molecule has 0 aliphatic carbocycles. The van der Waals surface area contributed by atoms with Crippen LogP contribution in [0.3, 0.4) is 0 Å². The summed E-state index contributed by atoms with van der Waals surface area (Å²) in [6.45, 7) is 1.80. The van der Waals surface area contributed by atoms with Crippen molar-refractivity contribution in [3.63, 3.8) is 0 Å². The van der Waals surface area contributed by atoms with Crippen molar-refractivity contribution in [3.05, 3.63) is 29.8 Å². The van der Waals surface area contributed by atoms with E-state index < -0.39 is 0 Å². The molecule has 0 aromatic heterocycles. The van der Waals surface area contributed by atoms with Crippen LogP contribution in [0.1, 0.15) is 31.2 Å². The van der Waals surface area contributed by atoms with Gasteiger partial charge in [0.15, 0.2) is 0 Å². The Morgan fingerprint density at radius 3 is 2.33 bits per heavy atom. The smallest absolute Gasteiger partial charge is 0.119 e. The molecule has 0 radical (unpaired) electrons. The Morgan fingerprint density at radius 2 is 1.67 bits per heavy atom. The first-order valence-electron chi connectivity index (χ1n) is 6.68. The third-order valence-electron chi connectivity index (χ3n) is 2.84. The minimum absolute atomic E-state index is 0.295. The minimum atomic E-state index is 0.295. The number of rotatable bonds is 10. The number of unbranched alkanes of at least 4 members (excludes halogenated alkanes) is 3. The largest absolute Gasteiger partial charge is 0.494 e.